The molecule has 11 heavy (non-hydrogen) atoms. The molecule has 0 aromatic rings. The quantitative estimate of drug-likeness (QED) is 0.561. The molecule has 3 aliphatic carbocycles. The van der Waals surface area contributed by atoms with Gasteiger partial charge in [-0.15, -0.1) is 0 Å². The number of fused-ring (bicyclic) bond motifs is 5. The minimum absolute atomic E-state index is 0.0827. The van der Waals surface area contributed by atoms with Crippen LogP contribution in [0.4, 0.5) is 0 Å². The molecule has 0 radical (unpaired) electrons. The Morgan fingerprint density at radius 3 is 2.64 bits per heavy atom. The largest absolute Gasteiger partial charge is 0.393 e. The minimum Gasteiger partial charge on any atom is -0.393 e. The molecule has 0 unspecified atom stereocenters. The van der Waals surface area contributed by atoms with E-state index in [-0.39, 0.29) is 6.10 Å². The van der Waals surface area contributed by atoms with Gasteiger partial charge >= 0.3 is 0 Å². The highest BCUT2D eigenvalue weighted by Gasteiger charge is 2.53. The fourth-order valence-electron chi connectivity index (χ4n) is 4.03. The molecular weight excluding hydrogens is 136 g/mol. The van der Waals surface area contributed by atoms with E-state index in [0.717, 1.165) is 24.2 Å². The van der Waals surface area contributed by atoms with Gasteiger partial charge in [0.1, 0.15) is 0 Å². The van der Waals surface area contributed by atoms with Gasteiger partial charge in [-0.05, 0) is 49.4 Å². The van der Waals surface area contributed by atoms with E-state index in [2.05, 4.69) is 0 Å². The van der Waals surface area contributed by atoms with Crippen LogP contribution >= 0.6 is 0 Å². The molecule has 3 rings (SSSR count). The lowest BCUT2D eigenvalue weighted by molar-refractivity contribution is 0.0642. The minimum atomic E-state index is 0.0827. The molecule has 0 amide bonds. The van der Waals surface area contributed by atoms with Gasteiger partial charge in [-0.2, -0.15) is 0 Å². The predicted octanol–water partition coefficient (Wildman–Crippen LogP) is 1.80. The summed E-state index contributed by atoms with van der Waals surface area (Å²) in [5, 5.41) is 9.67. The zero-order valence-corrected chi connectivity index (χ0v) is 6.87. The van der Waals surface area contributed by atoms with Gasteiger partial charge in [-0.1, -0.05) is 6.42 Å². The molecule has 3 saturated carbocycles. The standard InChI is InChI=1S/C10H16O/c11-10-5-6-4-9(10)8-3-1-2-7(6)8/h6-11H,1-5H2/t6-,7+,8+,9+,10-/m0/s1. The van der Waals surface area contributed by atoms with Crippen LogP contribution in [0.15, 0.2) is 0 Å². The molecule has 1 nitrogen and oxygen atoms in total. The van der Waals surface area contributed by atoms with Gasteiger partial charge < -0.3 is 5.11 Å². The van der Waals surface area contributed by atoms with E-state index in [1.54, 1.807) is 0 Å². The van der Waals surface area contributed by atoms with Crippen molar-refractivity contribution in [2.75, 3.05) is 0 Å². The maximum atomic E-state index is 9.67. The van der Waals surface area contributed by atoms with E-state index in [1.165, 1.54) is 25.7 Å². The first kappa shape index (κ1) is 6.47. The van der Waals surface area contributed by atoms with Crippen molar-refractivity contribution in [1.82, 2.24) is 0 Å². The Kier molecular flexibility index (Phi) is 1.18. The Hall–Kier alpha value is -0.0400. The molecule has 5 atom stereocenters. The summed E-state index contributed by atoms with van der Waals surface area (Å²) in [7, 11) is 0. The lowest BCUT2D eigenvalue weighted by atomic mass is 9.80. The van der Waals surface area contributed by atoms with Crippen LogP contribution in [0.5, 0.6) is 0 Å². The van der Waals surface area contributed by atoms with Gasteiger partial charge in [0.25, 0.3) is 0 Å². The van der Waals surface area contributed by atoms with E-state index < -0.39 is 0 Å². The van der Waals surface area contributed by atoms with Crippen LogP contribution in [0.2, 0.25) is 0 Å². The molecular formula is C10H16O. The Labute approximate surface area is 67.8 Å². The third kappa shape index (κ3) is 0.703. The fourth-order valence-corrected chi connectivity index (χ4v) is 4.03. The summed E-state index contributed by atoms with van der Waals surface area (Å²) in [6.07, 6.45) is 6.90. The van der Waals surface area contributed by atoms with E-state index >= 15 is 0 Å². The Morgan fingerprint density at radius 1 is 0.909 bits per heavy atom. The van der Waals surface area contributed by atoms with Crippen molar-refractivity contribution in [2.24, 2.45) is 23.7 Å². The molecule has 0 aromatic heterocycles. The van der Waals surface area contributed by atoms with Crippen molar-refractivity contribution in [3.05, 3.63) is 0 Å². The smallest absolute Gasteiger partial charge is 0.0574 e. The van der Waals surface area contributed by atoms with Crippen LogP contribution in [0.3, 0.4) is 0 Å². The summed E-state index contributed by atoms with van der Waals surface area (Å²) in [5.74, 6) is 3.60. The molecule has 62 valence electrons. The Morgan fingerprint density at radius 2 is 1.73 bits per heavy atom. The van der Waals surface area contributed by atoms with Crippen molar-refractivity contribution >= 4 is 0 Å². The number of hydrogen-bond acceptors (Lipinski definition) is 1. The first-order valence-corrected chi connectivity index (χ1v) is 5.04. The second-order valence-electron chi connectivity index (χ2n) is 4.72. The SMILES string of the molecule is O[C@H]1C[C@@H]2C[C@@H]1[C@@H]1CCC[C@H]21. The summed E-state index contributed by atoms with van der Waals surface area (Å²) in [4.78, 5) is 0. The van der Waals surface area contributed by atoms with Crippen LogP contribution in [-0.4, -0.2) is 11.2 Å². The first-order valence-electron chi connectivity index (χ1n) is 5.04. The van der Waals surface area contributed by atoms with Crippen molar-refractivity contribution in [1.29, 1.82) is 0 Å². The predicted molar refractivity (Wildman–Crippen MR) is 43.1 cm³/mol. The summed E-state index contributed by atoms with van der Waals surface area (Å²) >= 11 is 0. The lowest BCUT2D eigenvalue weighted by Crippen LogP contribution is -2.27. The molecule has 1 N–H and O–H groups in total. The van der Waals surface area contributed by atoms with Crippen molar-refractivity contribution in [3.8, 4) is 0 Å². The van der Waals surface area contributed by atoms with Gasteiger partial charge in [-0.25, -0.2) is 0 Å². The number of aliphatic hydroxyl groups excluding tert-OH is 1. The summed E-state index contributed by atoms with van der Waals surface area (Å²) in [5.41, 5.74) is 0. The maximum Gasteiger partial charge on any atom is 0.0574 e. The second kappa shape index (κ2) is 2.01. The van der Waals surface area contributed by atoms with Crippen molar-refractivity contribution in [3.63, 3.8) is 0 Å². The third-order valence-electron chi connectivity index (χ3n) is 4.39. The molecule has 2 bridgehead atoms. The molecule has 0 spiro atoms. The van der Waals surface area contributed by atoms with Crippen molar-refractivity contribution in [2.45, 2.75) is 38.2 Å². The molecule has 3 aliphatic rings. The number of rotatable bonds is 0. The van der Waals surface area contributed by atoms with Crippen molar-refractivity contribution < 1.29 is 5.11 Å². The summed E-state index contributed by atoms with van der Waals surface area (Å²) < 4.78 is 0. The lowest BCUT2D eigenvalue weighted by Gasteiger charge is -2.28. The van der Waals surface area contributed by atoms with Gasteiger partial charge in [0.05, 0.1) is 6.10 Å². The molecule has 0 saturated heterocycles. The Balaban J connectivity index is 1.90. The normalized spacial score (nSPS) is 60.3. The average Bonchev–Trinajstić information content (AvgIpc) is 2.52. The van der Waals surface area contributed by atoms with Crippen LogP contribution < -0.4 is 0 Å². The summed E-state index contributed by atoms with van der Waals surface area (Å²) in [6, 6.07) is 0. The van der Waals surface area contributed by atoms with Crippen LogP contribution in [0, 0.1) is 23.7 Å². The summed E-state index contributed by atoms with van der Waals surface area (Å²) in [6.45, 7) is 0. The van der Waals surface area contributed by atoms with Gasteiger partial charge in [0, 0.05) is 0 Å². The highest BCUT2D eigenvalue weighted by atomic mass is 16.3. The molecule has 3 fully saturated rings. The van der Waals surface area contributed by atoms with Gasteiger partial charge in [-0.3, -0.25) is 0 Å². The second-order valence-corrected chi connectivity index (χ2v) is 4.72. The molecule has 0 heterocycles. The van der Waals surface area contributed by atoms with Crippen LogP contribution in [0.25, 0.3) is 0 Å². The zero-order valence-electron chi connectivity index (χ0n) is 6.87. The highest BCUT2D eigenvalue weighted by molar-refractivity contribution is 5.02. The average molecular weight is 152 g/mol. The highest BCUT2D eigenvalue weighted by Crippen LogP contribution is 2.58. The molecule has 0 aliphatic heterocycles. The topological polar surface area (TPSA) is 20.2 Å². The Bertz CT molecular complexity index is 178. The van der Waals surface area contributed by atoms with E-state index in [0.29, 0.717) is 5.92 Å². The number of aliphatic hydroxyl groups is 1. The van der Waals surface area contributed by atoms with E-state index in [4.69, 9.17) is 0 Å². The number of hydrogen-bond donors (Lipinski definition) is 1. The van der Waals surface area contributed by atoms with Crippen LogP contribution in [-0.2, 0) is 0 Å². The first-order chi connectivity index (χ1) is 5.36. The van der Waals surface area contributed by atoms with Gasteiger partial charge in [0.15, 0.2) is 0 Å². The van der Waals surface area contributed by atoms with Gasteiger partial charge in [0.2, 0.25) is 0 Å². The molecule has 1 heteroatoms. The molecule has 0 aromatic carbocycles. The maximum absolute atomic E-state index is 9.67. The zero-order chi connectivity index (χ0) is 7.42. The van der Waals surface area contributed by atoms with Crippen LogP contribution in [0.1, 0.15) is 32.1 Å². The fraction of sp³-hybridized carbons (Fsp3) is 1.00. The van der Waals surface area contributed by atoms with E-state index in [9.17, 15) is 5.11 Å². The monoisotopic (exact) mass is 152 g/mol. The third-order valence-corrected chi connectivity index (χ3v) is 4.39. The van der Waals surface area contributed by atoms with E-state index in [1.807, 2.05) is 0 Å².